The molecule has 2 aliphatic carbocycles. The summed E-state index contributed by atoms with van der Waals surface area (Å²) in [6.45, 7) is 7.84. The van der Waals surface area contributed by atoms with Gasteiger partial charge in [-0.1, -0.05) is 54.6 Å². The van der Waals surface area contributed by atoms with E-state index < -0.39 is 22.6 Å². The van der Waals surface area contributed by atoms with Crippen LogP contribution < -0.4 is 5.43 Å². The van der Waals surface area contributed by atoms with E-state index in [1.165, 1.54) is 0 Å². The van der Waals surface area contributed by atoms with E-state index in [0.717, 1.165) is 64.2 Å². The zero-order chi connectivity index (χ0) is 27.6. The summed E-state index contributed by atoms with van der Waals surface area (Å²) >= 11 is 0. The predicted octanol–water partition coefficient (Wildman–Crippen LogP) is 6.36. The van der Waals surface area contributed by atoms with E-state index in [-0.39, 0.29) is 5.91 Å². The fraction of sp³-hybridized carbons (Fsp3) is 0.375. The van der Waals surface area contributed by atoms with Gasteiger partial charge >= 0.3 is 6.09 Å². The van der Waals surface area contributed by atoms with E-state index in [1.807, 2.05) is 45.9 Å². The van der Waals surface area contributed by atoms with Crippen LogP contribution in [0.5, 0.6) is 0 Å². The molecule has 3 aliphatic rings. The van der Waals surface area contributed by atoms with Crippen molar-refractivity contribution in [2.45, 2.75) is 70.9 Å². The van der Waals surface area contributed by atoms with Gasteiger partial charge in [0, 0.05) is 22.2 Å². The van der Waals surface area contributed by atoms with E-state index in [2.05, 4.69) is 53.0 Å². The average molecular weight is 523 g/mol. The lowest BCUT2D eigenvalue weighted by Crippen LogP contribution is -2.60. The number of carbonyl (C=O) groups excluding carboxylic acids is 1. The van der Waals surface area contributed by atoms with Gasteiger partial charge in [0.25, 0.3) is 5.91 Å². The Labute approximate surface area is 229 Å². The number of nitrogens with zero attached hydrogens (tertiary/aromatic N) is 3. The third kappa shape index (κ3) is 3.86. The summed E-state index contributed by atoms with van der Waals surface area (Å²) in [4.78, 5) is 31.8. The first-order valence-electron chi connectivity index (χ1n) is 13.7. The minimum absolute atomic E-state index is 0.0559. The number of hydrogen-bond donors (Lipinski definition) is 2. The SMILES string of the molecule is CC12CCc3nc(-c4ccc(C5(N(C(=O)O)C(C)(C)C)CCC5)cc4)c(-c4ccccc4)cc3C1=NNC2=O. The fourth-order valence-corrected chi connectivity index (χ4v) is 6.63. The molecule has 0 spiro atoms. The number of carbonyl (C=O) groups is 2. The van der Waals surface area contributed by atoms with Gasteiger partial charge in [-0.3, -0.25) is 14.7 Å². The molecule has 1 aromatic heterocycles. The van der Waals surface area contributed by atoms with Gasteiger partial charge in [-0.15, -0.1) is 0 Å². The monoisotopic (exact) mass is 522 g/mol. The van der Waals surface area contributed by atoms with Crippen LogP contribution in [-0.4, -0.2) is 38.2 Å². The molecule has 2 aromatic carbocycles. The highest BCUT2D eigenvalue weighted by atomic mass is 16.4. The number of fused-ring (bicyclic) bond motifs is 3. The Bertz CT molecular complexity index is 1500. The van der Waals surface area contributed by atoms with Crippen LogP contribution in [0.2, 0.25) is 0 Å². The molecule has 39 heavy (non-hydrogen) atoms. The van der Waals surface area contributed by atoms with E-state index in [9.17, 15) is 14.7 Å². The van der Waals surface area contributed by atoms with Crippen molar-refractivity contribution in [3.05, 3.63) is 77.5 Å². The van der Waals surface area contributed by atoms with Gasteiger partial charge < -0.3 is 5.11 Å². The van der Waals surface area contributed by atoms with Crippen LogP contribution in [0.3, 0.4) is 0 Å². The molecule has 1 atom stereocenters. The van der Waals surface area contributed by atoms with Gasteiger partial charge in [-0.05, 0) is 77.0 Å². The highest BCUT2D eigenvalue weighted by Gasteiger charge is 2.51. The van der Waals surface area contributed by atoms with Crippen LogP contribution in [0.25, 0.3) is 22.4 Å². The van der Waals surface area contributed by atoms with E-state index in [4.69, 9.17) is 4.98 Å². The van der Waals surface area contributed by atoms with E-state index in [1.54, 1.807) is 4.90 Å². The van der Waals surface area contributed by atoms with Crippen molar-refractivity contribution >= 4 is 17.7 Å². The maximum absolute atomic E-state index is 12.6. The minimum atomic E-state index is -0.885. The Balaban J connectivity index is 1.46. The second-order valence-electron chi connectivity index (χ2n) is 12.2. The quantitative estimate of drug-likeness (QED) is 0.417. The number of hydrogen-bond acceptors (Lipinski definition) is 4. The molecule has 1 saturated carbocycles. The lowest BCUT2D eigenvalue weighted by molar-refractivity contribution is -0.125. The lowest BCUT2D eigenvalue weighted by atomic mass is 9.69. The number of carboxylic acid groups (broad SMARTS) is 1. The number of amides is 2. The second kappa shape index (κ2) is 8.76. The molecule has 1 unspecified atom stereocenters. The maximum atomic E-state index is 12.6. The molecule has 2 heterocycles. The Morgan fingerprint density at radius 3 is 2.26 bits per heavy atom. The highest BCUT2D eigenvalue weighted by molar-refractivity contribution is 6.21. The van der Waals surface area contributed by atoms with Gasteiger partial charge in [0.1, 0.15) is 0 Å². The van der Waals surface area contributed by atoms with Gasteiger partial charge in [0.15, 0.2) is 0 Å². The molecule has 6 rings (SSSR count). The average Bonchev–Trinajstić information content (AvgIpc) is 3.19. The number of hydrazone groups is 1. The zero-order valence-corrected chi connectivity index (χ0v) is 22.9. The largest absolute Gasteiger partial charge is 0.465 e. The molecular weight excluding hydrogens is 488 g/mol. The molecule has 2 N–H and O–H groups in total. The standard InChI is InChI=1S/C32H34N4O3/c1-30(2,3)36(29(38)39)32(16-8-17-32)22-13-11-21(12-14-22)26-23(20-9-6-5-7-10-20)19-24-25(33-26)15-18-31(4)27(24)34-35-28(31)37/h5-7,9-14,19H,8,15-18H2,1-4H3,(H,35,37)(H,38,39). The molecule has 1 fully saturated rings. The molecular formula is C32H34N4O3. The smallest absolute Gasteiger partial charge is 0.408 e. The number of benzene rings is 2. The summed E-state index contributed by atoms with van der Waals surface area (Å²) in [6, 6.07) is 20.6. The third-order valence-electron chi connectivity index (χ3n) is 8.76. The van der Waals surface area contributed by atoms with Crippen molar-refractivity contribution in [3.63, 3.8) is 0 Å². The number of pyridine rings is 1. The van der Waals surface area contributed by atoms with Crippen molar-refractivity contribution in [3.8, 4) is 22.4 Å². The zero-order valence-electron chi connectivity index (χ0n) is 22.9. The van der Waals surface area contributed by atoms with Crippen molar-refractivity contribution < 1.29 is 14.7 Å². The van der Waals surface area contributed by atoms with Gasteiger partial charge in [0.2, 0.25) is 0 Å². The van der Waals surface area contributed by atoms with Crippen LogP contribution in [0.15, 0.2) is 65.8 Å². The Morgan fingerprint density at radius 1 is 0.974 bits per heavy atom. The number of nitrogens with one attached hydrogen (secondary N) is 1. The molecule has 7 heteroatoms. The molecule has 200 valence electrons. The lowest BCUT2D eigenvalue weighted by Gasteiger charge is -2.54. The maximum Gasteiger partial charge on any atom is 0.408 e. The summed E-state index contributed by atoms with van der Waals surface area (Å²) in [5.41, 5.74) is 8.55. The van der Waals surface area contributed by atoms with Crippen LogP contribution in [-0.2, 0) is 16.8 Å². The van der Waals surface area contributed by atoms with Crippen LogP contribution in [0.4, 0.5) is 4.79 Å². The predicted molar refractivity (Wildman–Crippen MR) is 151 cm³/mol. The van der Waals surface area contributed by atoms with Gasteiger partial charge in [-0.2, -0.15) is 5.10 Å². The highest BCUT2D eigenvalue weighted by Crippen LogP contribution is 2.50. The Hall–Kier alpha value is -4.00. The van der Waals surface area contributed by atoms with Gasteiger partial charge in [-0.25, -0.2) is 10.2 Å². The van der Waals surface area contributed by atoms with E-state index >= 15 is 0 Å². The Morgan fingerprint density at radius 2 is 1.67 bits per heavy atom. The topological polar surface area (TPSA) is 94.9 Å². The van der Waals surface area contributed by atoms with Gasteiger partial charge in [0.05, 0.1) is 28.1 Å². The van der Waals surface area contributed by atoms with Crippen molar-refractivity contribution in [1.82, 2.24) is 15.3 Å². The molecule has 0 bridgehead atoms. The molecule has 7 nitrogen and oxygen atoms in total. The van der Waals surface area contributed by atoms with Crippen molar-refractivity contribution in [2.24, 2.45) is 10.5 Å². The molecule has 1 aliphatic heterocycles. The van der Waals surface area contributed by atoms with E-state index in [0.29, 0.717) is 12.8 Å². The molecule has 2 amide bonds. The fourth-order valence-electron chi connectivity index (χ4n) is 6.63. The van der Waals surface area contributed by atoms with Crippen LogP contribution in [0.1, 0.15) is 70.2 Å². The summed E-state index contributed by atoms with van der Waals surface area (Å²) in [5.74, 6) is -0.0559. The molecule has 3 aromatic rings. The first-order valence-corrected chi connectivity index (χ1v) is 13.7. The summed E-state index contributed by atoms with van der Waals surface area (Å²) < 4.78 is 0. The summed E-state index contributed by atoms with van der Waals surface area (Å²) in [5, 5.41) is 14.6. The van der Waals surface area contributed by atoms with Crippen molar-refractivity contribution in [1.29, 1.82) is 0 Å². The van der Waals surface area contributed by atoms with Crippen LogP contribution >= 0.6 is 0 Å². The first kappa shape index (κ1) is 25.3. The summed E-state index contributed by atoms with van der Waals surface area (Å²) in [6.07, 6.45) is 3.11. The second-order valence-corrected chi connectivity index (χ2v) is 12.2. The minimum Gasteiger partial charge on any atom is -0.465 e. The third-order valence-corrected chi connectivity index (χ3v) is 8.76. The van der Waals surface area contributed by atoms with Crippen molar-refractivity contribution in [2.75, 3.05) is 0 Å². The normalized spacial score (nSPS) is 21.2. The number of aromatic nitrogens is 1. The Kier molecular flexibility index (Phi) is 5.68. The molecule has 0 radical (unpaired) electrons. The number of rotatable bonds is 4. The number of aryl methyl sites for hydroxylation is 1. The summed E-state index contributed by atoms with van der Waals surface area (Å²) in [7, 11) is 0. The molecule has 0 saturated heterocycles. The first-order chi connectivity index (χ1) is 18.5. The van der Waals surface area contributed by atoms with Crippen LogP contribution in [0, 0.1) is 5.41 Å².